The fourth-order valence-corrected chi connectivity index (χ4v) is 1.66. The molecule has 0 saturated heterocycles. The Morgan fingerprint density at radius 2 is 2.11 bits per heavy atom. The Morgan fingerprint density at radius 1 is 1.37 bits per heavy atom. The number of aryl methyl sites for hydroxylation is 1. The zero-order chi connectivity index (χ0) is 14.3. The van der Waals surface area contributed by atoms with Gasteiger partial charge in [0.2, 0.25) is 0 Å². The fourth-order valence-electron chi connectivity index (χ4n) is 1.66. The second-order valence-electron chi connectivity index (χ2n) is 4.75. The molecule has 0 aliphatic heterocycles. The average Bonchev–Trinajstić information content (AvgIpc) is 2.72. The smallest absolute Gasteiger partial charge is 0.372 e. The summed E-state index contributed by atoms with van der Waals surface area (Å²) in [6.45, 7) is 4.51. The van der Waals surface area contributed by atoms with Gasteiger partial charge in [-0.25, -0.2) is 0 Å². The average molecular weight is 278 g/mol. The lowest BCUT2D eigenvalue weighted by molar-refractivity contribution is -0.174. The van der Waals surface area contributed by atoms with E-state index in [0.717, 1.165) is 12.2 Å². The number of rotatable bonds is 8. The molecule has 3 nitrogen and oxygen atoms in total. The number of aromatic nitrogens is 1. The van der Waals surface area contributed by atoms with Crippen molar-refractivity contribution in [2.24, 2.45) is 0 Å². The van der Waals surface area contributed by atoms with Crippen LogP contribution < -0.4 is 5.32 Å². The van der Waals surface area contributed by atoms with Gasteiger partial charge in [-0.05, 0) is 18.6 Å². The molecule has 0 spiro atoms. The van der Waals surface area contributed by atoms with Crippen molar-refractivity contribution in [1.29, 1.82) is 0 Å². The van der Waals surface area contributed by atoms with Crippen molar-refractivity contribution < 1.29 is 17.9 Å². The molecular formula is C13H21F3N2O. The van der Waals surface area contributed by atoms with Crippen LogP contribution in [0.3, 0.4) is 0 Å². The number of hydrogen-bond donors (Lipinski definition) is 1. The summed E-state index contributed by atoms with van der Waals surface area (Å²) in [5.74, 6) is 0. The van der Waals surface area contributed by atoms with Gasteiger partial charge in [0, 0.05) is 37.6 Å². The van der Waals surface area contributed by atoms with Gasteiger partial charge >= 0.3 is 6.18 Å². The Hall–Kier alpha value is -1.01. The van der Waals surface area contributed by atoms with E-state index >= 15 is 0 Å². The van der Waals surface area contributed by atoms with Crippen LogP contribution in [0.4, 0.5) is 13.2 Å². The van der Waals surface area contributed by atoms with Gasteiger partial charge in [0.15, 0.2) is 0 Å². The Bertz CT molecular complexity index is 361. The van der Waals surface area contributed by atoms with Gasteiger partial charge in [0.1, 0.15) is 6.61 Å². The van der Waals surface area contributed by atoms with E-state index in [1.165, 1.54) is 0 Å². The molecule has 0 radical (unpaired) electrons. The lowest BCUT2D eigenvalue weighted by Gasteiger charge is -2.12. The lowest BCUT2D eigenvalue weighted by atomic mass is 10.3. The van der Waals surface area contributed by atoms with Crippen LogP contribution in [0.15, 0.2) is 18.3 Å². The molecule has 1 N–H and O–H groups in total. The highest BCUT2D eigenvalue weighted by Crippen LogP contribution is 2.14. The largest absolute Gasteiger partial charge is 0.411 e. The molecule has 0 fully saturated rings. The van der Waals surface area contributed by atoms with Crippen LogP contribution in [0.2, 0.25) is 0 Å². The molecule has 1 aromatic heterocycles. The van der Waals surface area contributed by atoms with E-state index in [0.29, 0.717) is 19.0 Å². The summed E-state index contributed by atoms with van der Waals surface area (Å²) in [5, 5.41) is 3.31. The predicted octanol–water partition coefficient (Wildman–Crippen LogP) is 2.96. The number of hydrogen-bond acceptors (Lipinski definition) is 2. The van der Waals surface area contributed by atoms with Crippen LogP contribution in [0.5, 0.6) is 0 Å². The van der Waals surface area contributed by atoms with Crippen molar-refractivity contribution in [1.82, 2.24) is 9.88 Å². The molecule has 0 amide bonds. The first-order valence-corrected chi connectivity index (χ1v) is 6.40. The quantitative estimate of drug-likeness (QED) is 0.740. The van der Waals surface area contributed by atoms with Crippen LogP contribution in [-0.2, 0) is 17.8 Å². The van der Waals surface area contributed by atoms with Gasteiger partial charge in [-0.3, -0.25) is 0 Å². The minimum absolute atomic E-state index is 0.120. The van der Waals surface area contributed by atoms with E-state index in [1.807, 2.05) is 22.9 Å². The molecule has 6 heteroatoms. The Balaban J connectivity index is 2.24. The van der Waals surface area contributed by atoms with Crippen molar-refractivity contribution in [2.75, 3.05) is 13.2 Å². The third-order valence-electron chi connectivity index (χ3n) is 2.57. The summed E-state index contributed by atoms with van der Waals surface area (Å²) in [6, 6.07) is 4.35. The minimum Gasteiger partial charge on any atom is -0.372 e. The molecule has 0 aliphatic rings. The number of nitrogens with one attached hydrogen (secondary N) is 1. The van der Waals surface area contributed by atoms with Crippen LogP contribution >= 0.6 is 0 Å². The maximum absolute atomic E-state index is 11.9. The van der Waals surface area contributed by atoms with Crippen LogP contribution in [-0.4, -0.2) is 30.0 Å². The van der Waals surface area contributed by atoms with Crippen molar-refractivity contribution in [2.45, 2.75) is 45.6 Å². The molecule has 0 saturated carbocycles. The lowest BCUT2D eigenvalue weighted by Crippen LogP contribution is -2.23. The summed E-state index contributed by atoms with van der Waals surface area (Å²) >= 11 is 0. The first-order valence-electron chi connectivity index (χ1n) is 6.40. The van der Waals surface area contributed by atoms with Gasteiger partial charge in [0.25, 0.3) is 0 Å². The van der Waals surface area contributed by atoms with E-state index in [4.69, 9.17) is 0 Å². The maximum Gasteiger partial charge on any atom is 0.411 e. The SMILES string of the molecule is CC(C)NCc1cccn1CCCOCC(F)(F)F. The Kier molecular flexibility index (Phi) is 6.37. The van der Waals surface area contributed by atoms with E-state index < -0.39 is 12.8 Å². The zero-order valence-electron chi connectivity index (χ0n) is 11.3. The molecule has 0 atom stereocenters. The molecule has 110 valence electrons. The van der Waals surface area contributed by atoms with Gasteiger partial charge in [-0.1, -0.05) is 13.8 Å². The molecule has 1 rings (SSSR count). The molecule has 1 heterocycles. The van der Waals surface area contributed by atoms with E-state index in [1.54, 1.807) is 0 Å². The Morgan fingerprint density at radius 3 is 2.74 bits per heavy atom. The second-order valence-corrected chi connectivity index (χ2v) is 4.75. The highest BCUT2D eigenvalue weighted by Gasteiger charge is 2.27. The fraction of sp³-hybridized carbons (Fsp3) is 0.692. The summed E-state index contributed by atoms with van der Waals surface area (Å²) in [6.07, 6.45) is -1.74. The molecular weight excluding hydrogens is 257 g/mol. The molecule has 1 aromatic rings. The van der Waals surface area contributed by atoms with Gasteiger partial charge in [0.05, 0.1) is 0 Å². The molecule has 0 unspecified atom stereocenters. The molecule has 0 aromatic carbocycles. The standard InChI is InChI=1S/C13H21F3N2O/c1-11(2)17-9-12-5-3-6-18(12)7-4-8-19-10-13(14,15)16/h3,5-6,11,17H,4,7-10H2,1-2H3. The summed E-state index contributed by atoms with van der Waals surface area (Å²) in [4.78, 5) is 0. The van der Waals surface area contributed by atoms with Crippen LogP contribution in [0, 0.1) is 0 Å². The monoisotopic (exact) mass is 278 g/mol. The van der Waals surface area contributed by atoms with Crippen molar-refractivity contribution in [3.63, 3.8) is 0 Å². The second kappa shape index (κ2) is 7.55. The van der Waals surface area contributed by atoms with E-state index in [9.17, 15) is 13.2 Å². The third kappa shape index (κ3) is 7.22. The third-order valence-corrected chi connectivity index (χ3v) is 2.57. The van der Waals surface area contributed by atoms with Crippen molar-refractivity contribution in [3.8, 4) is 0 Å². The van der Waals surface area contributed by atoms with Gasteiger partial charge < -0.3 is 14.6 Å². The summed E-state index contributed by atoms with van der Waals surface area (Å²) < 4.78 is 42.2. The predicted molar refractivity (Wildman–Crippen MR) is 67.9 cm³/mol. The molecule has 0 aliphatic carbocycles. The van der Waals surface area contributed by atoms with Gasteiger partial charge in [-0.2, -0.15) is 13.2 Å². The number of ether oxygens (including phenoxy) is 1. The number of alkyl halides is 3. The van der Waals surface area contributed by atoms with E-state index in [2.05, 4.69) is 23.9 Å². The number of nitrogens with zero attached hydrogens (tertiary/aromatic N) is 1. The summed E-state index contributed by atoms with van der Waals surface area (Å²) in [5.41, 5.74) is 1.13. The first kappa shape index (κ1) is 16.0. The topological polar surface area (TPSA) is 26.2 Å². The van der Waals surface area contributed by atoms with E-state index in [-0.39, 0.29) is 6.61 Å². The van der Waals surface area contributed by atoms with Crippen molar-refractivity contribution >= 4 is 0 Å². The summed E-state index contributed by atoms with van der Waals surface area (Å²) in [7, 11) is 0. The number of halogens is 3. The maximum atomic E-state index is 11.9. The highest BCUT2D eigenvalue weighted by atomic mass is 19.4. The molecule has 19 heavy (non-hydrogen) atoms. The van der Waals surface area contributed by atoms with Gasteiger partial charge in [-0.15, -0.1) is 0 Å². The van der Waals surface area contributed by atoms with Crippen LogP contribution in [0.25, 0.3) is 0 Å². The first-order chi connectivity index (χ1) is 8.88. The Labute approximate surface area is 111 Å². The van der Waals surface area contributed by atoms with Crippen LogP contribution in [0.1, 0.15) is 26.0 Å². The normalized spacial score (nSPS) is 12.3. The minimum atomic E-state index is -4.24. The zero-order valence-corrected chi connectivity index (χ0v) is 11.3. The molecule has 0 bridgehead atoms. The highest BCUT2D eigenvalue weighted by molar-refractivity contribution is 5.06. The van der Waals surface area contributed by atoms with Crippen molar-refractivity contribution in [3.05, 3.63) is 24.0 Å².